The van der Waals surface area contributed by atoms with Crippen LogP contribution in [0.2, 0.25) is 15.1 Å². The Labute approximate surface area is 185 Å². The average Bonchev–Trinajstić information content (AvgIpc) is 2.69. The fraction of sp³-hybridized carbons (Fsp3) is 0.250. The maximum Gasteiger partial charge on any atom is 0.248 e. The summed E-state index contributed by atoms with van der Waals surface area (Å²) >= 11 is 18.1. The first-order valence-electron chi connectivity index (χ1n) is 9.01. The molecular weight excluding hydrogens is 455 g/mol. The highest BCUT2D eigenvalue weighted by atomic mass is 35.5. The molecule has 1 heterocycles. The number of benzene rings is 2. The quantitative estimate of drug-likeness (QED) is 0.585. The van der Waals surface area contributed by atoms with Gasteiger partial charge in [0.1, 0.15) is 0 Å². The summed E-state index contributed by atoms with van der Waals surface area (Å²) in [5.74, 6) is -0.467. The van der Waals surface area contributed by atoms with Crippen molar-refractivity contribution < 1.29 is 13.2 Å². The summed E-state index contributed by atoms with van der Waals surface area (Å²) in [5.41, 5.74) is 0.848. The SMILES string of the molecule is O=C(/C=C/c1ccc(Cl)cc1Cl)Nc1cc(S(=O)(=O)N2CCCCC2)ccc1Cl. The third-order valence-corrected chi connectivity index (χ3v) is 7.31. The van der Waals surface area contributed by atoms with Gasteiger partial charge in [-0.25, -0.2) is 8.42 Å². The van der Waals surface area contributed by atoms with Crippen LogP contribution < -0.4 is 5.32 Å². The third-order valence-electron chi connectivity index (χ3n) is 4.53. The molecule has 9 heteroatoms. The first-order chi connectivity index (χ1) is 13.8. The highest BCUT2D eigenvalue weighted by Crippen LogP contribution is 2.28. The van der Waals surface area contributed by atoms with Gasteiger partial charge in [0.25, 0.3) is 0 Å². The molecule has 1 aliphatic rings. The Kier molecular flexibility index (Phi) is 7.24. The zero-order chi connectivity index (χ0) is 21.0. The van der Waals surface area contributed by atoms with Crippen LogP contribution in [0.1, 0.15) is 24.8 Å². The molecule has 0 aromatic heterocycles. The van der Waals surface area contributed by atoms with E-state index in [4.69, 9.17) is 34.8 Å². The predicted octanol–water partition coefficient (Wildman–Crippen LogP) is 5.47. The van der Waals surface area contributed by atoms with E-state index in [-0.39, 0.29) is 15.6 Å². The largest absolute Gasteiger partial charge is 0.321 e. The molecule has 29 heavy (non-hydrogen) atoms. The smallest absolute Gasteiger partial charge is 0.248 e. The van der Waals surface area contributed by atoms with Crippen LogP contribution >= 0.6 is 34.8 Å². The number of sulfonamides is 1. The highest BCUT2D eigenvalue weighted by Gasteiger charge is 2.26. The minimum absolute atomic E-state index is 0.101. The molecule has 5 nitrogen and oxygen atoms in total. The van der Waals surface area contributed by atoms with Crippen LogP contribution in [0.5, 0.6) is 0 Å². The second-order valence-corrected chi connectivity index (χ2v) is 9.78. The Hall–Kier alpha value is -1.57. The van der Waals surface area contributed by atoms with E-state index < -0.39 is 15.9 Å². The van der Waals surface area contributed by atoms with E-state index in [1.807, 2.05) is 0 Å². The molecule has 0 aliphatic carbocycles. The van der Waals surface area contributed by atoms with Crippen LogP contribution in [0.4, 0.5) is 5.69 Å². The zero-order valence-corrected chi connectivity index (χ0v) is 18.5. The molecule has 0 saturated carbocycles. The number of nitrogens with zero attached hydrogens (tertiary/aromatic N) is 1. The first kappa shape index (κ1) is 22.1. The van der Waals surface area contributed by atoms with Crippen LogP contribution in [0.3, 0.4) is 0 Å². The van der Waals surface area contributed by atoms with E-state index in [9.17, 15) is 13.2 Å². The average molecular weight is 474 g/mol. The van der Waals surface area contributed by atoms with Crippen molar-refractivity contribution in [1.82, 2.24) is 4.31 Å². The molecule has 0 spiro atoms. The van der Waals surface area contributed by atoms with Crippen molar-refractivity contribution in [3.8, 4) is 0 Å². The second-order valence-electron chi connectivity index (χ2n) is 6.59. The summed E-state index contributed by atoms with van der Waals surface area (Å²) in [6.45, 7) is 0.995. The summed E-state index contributed by atoms with van der Waals surface area (Å²) in [6, 6.07) is 9.23. The molecule has 154 valence electrons. The third kappa shape index (κ3) is 5.53. The van der Waals surface area contributed by atoms with E-state index >= 15 is 0 Å². The number of rotatable bonds is 5. The Bertz CT molecular complexity index is 1050. The number of anilines is 1. The number of halogens is 3. The topological polar surface area (TPSA) is 66.5 Å². The lowest BCUT2D eigenvalue weighted by Crippen LogP contribution is -2.35. The molecule has 1 N–H and O–H groups in total. The molecule has 0 atom stereocenters. The molecule has 0 bridgehead atoms. The van der Waals surface area contributed by atoms with Crippen molar-refractivity contribution >= 4 is 62.5 Å². The van der Waals surface area contributed by atoms with Crippen molar-refractivity contribution in [3.05, 3.63) is 63.1 Å². The summed E-state index contributed by atoms with van der Waals surface area (Å²) in [5, 5.41) is 3.77. The molecule has 1 fully saturated rings. The molecule has 1 amide bonds. The number of hydrogen-bond acceptors (Lipinski definition) is 3. The van der Waals surface area contributed by atoms with Gasteiger partial charge in [0, 0.05) is 29.2 Å². The highest BCUT2D eigenvalue weighted by molar-refractivity contribution is 7.89. The maximum atomic E-state index is 12.8. The van der Waals surface area contributed by atoms with Gasteiger partial charge in [0.15, 0.2) is 0 Å². The summed E-state index contributed by atoms with van der Waals surface area (Å²) < 4.78 is 27.2. The van der Waals surface area contributed by atoms with Gasteiger partial charge in [-0.15, -0.1) is 0 Å². The number of nitrogens with one attached hydrogen (secondary N) is 1. The van der Waals surface area contributed by atoms with Gasteiger partial charge < -0.3 is 5.32 Å². The van der Waals surface area contributed by atoms with Gasteiger partial charge in [-0.3, -0.25) is 4.79 Å². The number of carbonyl (C=O) groups excluding carboxylic acids is 1. The van der Waals surface area contributed by atoms with Crippen molar-refractivity contribution in [2.75, 3.05) is 18.4 Å². The zero-order valence-electron chi connectivity index (χ0n) is 15.4. The summed E-state index contributed by atoms with van der Waals surface area (Å²) in [7, 11) is -3.63. The van der Waals surface area contributed by atoms with Crippen molar-refractivity contribution in [2.45, 2.75) is 24.2 Å². The Morgan fingerprint density at radius 1 is 0.966 bits per heavy atom. The fourth-order valence-corrected chi connectivity index (χ4v) is 5.17. The second kappa shape index (κ2) is 9.49. The molecule has 1 aliphatic heterocycles. The van der Waals surface area contributed by atoms with E-state index in [0.29, 0.717) is 28.7 Å². The van der Waals surface area contributed by atoms with Crippen molar-refractivity contribution in [3.63, 3.8) is 0 Å². The number of amides is 1. The minimum atomic E-state index is -3.63. The number of piperidine rings is 1. The van der Waals surface area contributed by atoms with Gasteiger partial charge in [0.05, 0.1) is 15.6 Å². The Balaban J connectivity index is 1.77. The van der Waals surface area contributed by atoms with E-state index in [1.165, 1.54) is 34.7 Å². The molecule has 2 aromatic rings. The monoisotopic (exact) mass is 472 g/mol. The molecule has 1 saturated heterocycles. The van der Waals surface area contributed by atoms with E-state index in [1.54, 1.807) is 18.2 Å². The predicted molar refractivity (Wildman–Crippen MR) is 118 cm³/mol. The standard InChI is InChI=1S/C20H19Cl3N2O3S/c21-15-6-4-14(18(23)12-15)5-9-20(26)24-19-13-16(7-8-17(19)22)29(27,28)25-10-2-1-3-11-25/h4-9,12-13H,1-3,10-11H2,(H,24,26)/b9-5+. The van der Waals surface area contributed by atoms with Crippen LogP contribution in [0.15, 0.2) is 47.4 Å². The van der Waals surface area contributed by atoms with Crippen LogP contribution in [-0.4, -0.2) is 31.7 Å². The van der Waals surface area contributed by atoms with Gasteiger partial charge in [-0.1, -0.05) is 47.3 Å². The van der Waals surface area contributed by atoms with Gasteiger partial charge in [-0.05, 0) is 54.8 Å². The van der Waals surface area contributed by atoms with Crippen LogP contribution in [0.25, 0.3) is 6.08 Å². The van der Waals surface area contributed by atoms with Crippen LogP contribution in [0, 0.1) is 0 Å². The lowest BCUT2D eigenvalue weighted by atomic mass is 10.2. The normalized spacial score (nSPS) is 15.6. The molecule has 0 radical (unpaired) electrons. The first-order valence-corrected chi connectivity index (χ1v) is 11.6. The van der Waals surface area contributed by atoms with Crippen LogP contribution in [-0.2, 0) is 14.8 Å². The van der Waals surface area contributed by atoms with Crippen molar-refractivity contribution in [2.24, 2.45) is 0 Å². The Morgan fingerprint density at radius 3 is 2.38 bits per heavy atom. The lowest BCUT2D eigenvalue weighted by Gasteiger charge is -2.26. The maximum absolute atomic E-state index is 12.8. The summed E-state index contributed by atoms with van der Waals surface area (Å²) in [4.78, 5) is 12.4. The van der Waals surface area contributed by atoms with E-state index in [0.717, 1.165) is 19.3 Å². The number of carbonyl (C=O) groups is 1. The number of hydrogen-bond donors (Lipinski definition) is 1. The Morgan fingerprint density at radius 2 is 1.69 bits per heavy atom. The molecule has 3 rings (SSSR count). The molecular formula is C20H19Cl3N2O3S. The minimum Gasteiger partial charge on any atom is -0.321 e. The lowest BCUT2D eigenvalue weighted by molar-refractivity contribution is -0.111. The molecule has 0 unspecified atom stereocenters. The van der Waals surface area contributed by atoms with Gasteiger partial charge >= 0.3 is 0 Å². The van der Waals surface area contributed by atoms with Gasteiger partial charge in [-0.2, -0.15) is 4.31 Å². The summed E-state index contributed by atoms with van der Waals surface area (Å²) in [6.07, 6.45) is 5.54. The van der Waals surface area contributed by atoms with Crippen molar-refractivity contribution in [1.29, 1.82) is 0 Å². The fourth-order valence-electron chi connectivity index (χ4n) is 2.99. The molecule has 2 aromatic carbocycles. The van der Waals surface area contributed by atoms with E-state index in [2.05, 4.69) is 5.32 Å². The van der Waals surface area contributed by atoms with Gasteiger partial charge in [0.2, 0.25) is 15.9 Å².